The first kappa shape index (κ1) is 12.7. The first-order chi connectivity index (χ1) is 6.80. The normalized spacial score (nSPS) is 11.3. The Morgan fingerprint density at radius 2 is 1.80 bits per heavy atom. The molecule has 0 aliphatic heterocycles. The van der Waals surface area contributed by atoms with Crippen molar-refractivity contribution in [2.45, 2.75) is 6.18 Å². The van der Waals surface area contributed by atoms with Crippen LogP contribution in [0.1, 0.15) is 11.1 Å². The molecule has 0 unspecified atom stereocenters. The van der Waals surface area contributed by atoms with E-state index in [-0.39, 0.29) is 5.56 Å². The molecule has 0 aliphatic rings. The van der Waals surface area contributed by atoms with Gasteiger partial charge in [0.2, 0.25) is 0 Å². The van der Waals surface area contributed by atoms with Crippen LogP contribution in [0.2, 0.25) is 0 Å². The van der Waals surface area contributed by atoms with E-state index in [2.05, 4.69) is 31.9 Å². The lowest BCUT2D eigenvalue weighted by molar-refractivity contribution is -0.137. The second-order valence-electron chi connectivity index (χ2n) is 2.66. The van der Waals surface area contributed by atoms with Gasteiger partial charge in [-0.25, -0.2) is 4.39 Å². The quantitative estimate of drug-likeness (QED) is 0.632. The van der Waals surface area contributed by atoms with Crippen LogP contribution in [-0.2, 0) is 6.18 Å². The van der Waals surface area contributed by atoms with Gasteiger partial charge < -0.3 is 0 Å². The molecule has 1 aromatic carbocycles. The maximum Gasteiger partial charge on any atom is 0.417 e. The molecule has 0 aliphatic carbocycles. The van der Waals surface area contributed by atoms with Crippen LogP contribution in [0.4, 0.5) is 17.6 Å². The fourth-order valence-corrected chi connectivity index (χ4v) is 1.51. The molecular weight excluding hydrogens is 344 g/mol. The average molecular weight is 348 g/mol. The molecule has 82 valence electrons. The van der Waals surface area contributed by atoms with Crippen LogP contribution in [0.15, 0.2) is 21.6 Å². The molecule has 0 aromatic heterocycles. The van der Waals surface area contributed by atoms with Gasteiger partial charge in [-0.05, 0) is 55.6 Å². The van der Waals surface area contributed by atoms with E-state index in [9.17, 15) is 17.6 Å². The van der Waals surface area contributed by atoms with E-state index in [4.69, 9.17) is 0 Å². The maximum absolute atomic E-state index is 12.7. The molecule has 0 fully saturated rings. The Morgan fingerprint density at radius 3 is 2.27 bits per heavy atom. The van der Waals surface area contributed by atoms with E-state index in [0.29, 0.717) is 9.46 Å². The highest BCUT2D eigenvalue weighted by atomic mass is 79.9. The predicted molar refractivity (Wildman–Crippen MR) is 57.2 cm³/mol. The number of hydrogen-bond donors (Lipinski definition) is 0. The topological polar surface area (TPSA) is 0 Å². The molecule has 0 saturated carbocycles. The Labute approximate surface area is 100 Å². The van der Waals surface area contributed by atoms with Crippen molar-refractivity contribution in [3.63, 3.8) is 0 Å². The Balaban J connectivity index is 3.34. The second kappa shape index (κ2) is 4.65. The van der Waals surface area contributed by atoms with Gasteiger partial charge in [-0.15, -0.1) is 0 Å². The Kier molecular flexibility index (Phi) is 3.94. The third-order valence-electron chi connectivity index (χ3n) is 1.59. The smallest absolute Gasteiger partial charge is 0.207 e. The van der Waals surface area contributed by atoms with E-state index < -0.39 is 17.6 Å². The molecule has 0 bridgehead atoms. The lowest BCUT2D eigenvalue weighted by Crippen LogP contribution is -2.07. The van der Waals surface area contributed by atoms with E-state index in [1.54, 1.807) is 0 Å². The number of halogens is 6. The summed E-state index contributed by atoms with van der Waals surface area (Å²) in [6.07, 6.45) is -3.36. The summed E-state index contributed by atoms with van der Waals surface area (Å²) in [5.74, 6) is -0.912. The number of hydrogen-bond acceptors (Lipinski definition) is 0. The summed E-state index contributed by atoms with van der Waals surface area (Å²) in [5, 5.41) is 0. The van der Waals surface area contributed by atoms with Crippen molar-refractivity contribution in [3.05, 3.63) is 38.5 Å². The zero-order chi connectivity index (χ0) is 11.6. The van der Waals surface area contributed by atoms with Gasteiger partial charge >= 0.3 is 6.18 Å². The van der Waals surface area contributed by atoms with Gasteiger partial charge in [0.05, 0.1) is 8.96 Å². The van der Waals surface area contributed by atoms with Gasteiger partial charge in [-0.1, -0.05) is 6.07 Å². The van der Waals surface area contributed by atoms with Crippen LogP contribution in [0.3, 0.4) is 0 Å². The SMILES string of the molecule is Fc1ccc(C=C(Br)Br)c(C(F)(F)F)c1. The Hall–Kier alpha value is -0.360. The van der Waals surface area contributed by atoms with Crippen molar-refractivity contribution < 1.29 is 17.6 Å². The van der Waals surface area contributed by atoms with Crippen LogP contribution >= 0.6 is 31.9 Å². The largest absolute Gasteiger partial charge is 0.417 e. The van der Waals surface area contributed by atoms with Crippen molar-refractivity contribution in [2.75, 3.05) is 0 Å². The molecule has 0 spiro atoms. The van der Waals surface area contributed by atoms with Crippen LogP contribution < -0.4 is 0 Å². The molecule has 0 amide bonds. The minimum Gasteiger partial charge on any atom is -0.207 e. The molecule has 0 N–H and O–H groups in total. The highest BCUT2D eigenvalue weighted by Crippen LogP contribution is 2.34. The van der Waals surface area contributed by atoms with Crippen LogP contribution in [0, 0.1) is 5.82 Å². The minimum absolute atomic E-state index is 0.104. The lowest BCUT2D eigenvalue weighted by atomic mass is 10.1. The number of benzene rings is 1. The molecule has 0 saturated heterocycles. The summed E-state index contributed by atoms with van der Waals surface area (Å²) >= 11 is 5.89. The van der Waals surface area contributed by atoms with Gasteiger partial charge in [-0.3, -0.25) is 0 Å². The summed E-state index contributed by atoms with van der Waals surface area (Å²) in [4.78, 5) is 0. The summed E-state index contributed by atoms with van der Waals surface area (Å²) < 4.78 is 50.4. The molecule has 1 rings (SSSR count). The second-order valence-corrected chi connectivity index (χ2v) is 5.44. The van der Waals surface area contributed by atoms with Gasteiger partial charge in [0.25, 0.3) is 0 Å². The van der Waals surface area contributed by atoms with E-state index >= 15 is 0 Å². The van der Waals surface area contributed by atoms with E-state index in [0.717, 1.165) is 12.1 Å². The van der Waals surface area contributed by atoms with Gasteiger partial charge in [0.15, 0.2) is 0 Å². The first-order valence-corrected chi connectivity index (χ1v) is 5.29. The molecular formula is C9H4Br2F4. The average Bonchev–Trinajstić information content (AvgIpc) is 2.05. The molecule has 1 aromatic rings. The first-order valence-electron chi connectivity index (χ1n) is 3.70. The van der Waals surface area contributed by atoms with E-state index in [1.807, 2.05) is 0 Å². The maximum atomic E-state index is 12.7. The molecule has 0 atom stereocenters. The highest BCUT2D eigenvalue weighted by molar-refractivity contribution is 9.28. The summed E-state index contributed by atoms with van der Waals surface area (Å²) in [6.45, 7) is 0. The van der Waals surface area contributed by atoms with Crippen molar-refractivity contribution >= 4 is 37.9 Å². The highest BCUT2D eigenvalue weighted by Gasteiger charge is 2.33. The fourth-order valence-electron chi connectivity index (χ4n) is 1.02. The number of rotatable bonds is 1. The molecule has 0 nitrogen and oxygen atoms in total. The van der Waals surface area contributed by atoms with Crippen LogP contribution in [-0.4, -0.2) is 0 Å². The Morgan fingerprint density at radius 1 is 1.20 bits per heavy atom. The van der Waals surface area contributed by atoms with Crippen LogP contribution in [0.5, 0.6) is 0 Å². The third-order valence-corrected chi connectivity index (χ3v) is 2.04. The van der Waals surface area contributed by atoms with Gasteiger partial charge in [0, 0.05) is 0 Å². The van der Waals surface area contributed by atoms with Crippen molar-refractivity contribution in [2.24, 2.45) is 0 Å². The molecule has 6 heteroatoms. The monoisotopic (exact) mass is 346 g/mol. The summed E-state index contributed by atoms with van der Waals surface area (Å²) in [6, 6.07) is 2.51. The standard InChI is InChI=1S/C9H4Br2F4/c10-8(11)3-5-1-2-6(12)4-7(5)9(13,14)15/h1-4H. The van der Waals surface area contributed by atoms with Gasteiger partial charge in [0.1, 0.15) is 5.82 Å². The van der Waals surface area contributed by atoms with Gasteiger partial charge in [-0.2, -0.15) is 13.2 Å². The summed E-state index contributed by atoms with van der Waals surface area (Å²) in [7, 11) is 0. The summed E-state index contributed by atoms with van der Waals surface area (Å²) in [5.41, 5.74) is -1.11. The lowest BCUT2D eigenvalue weighted by Gasteiger charge is -2.10. The zero-order valence-corrected chi connectivity index (χ0v) is 10.2. The van der Waals surface area contributed by atoms with Crippen molar-refractivity contribution in [3.8, 4) is 0 Å². The van der Waals surface area contributed by atoms with Crippen molar-refractivity contribution in [1.29, 1.82) is 0 Å². The molecule has 0 heterocycles. The zero-order valence-electron chi connectivity index (χ0n) is 7.08. The van der Waals surface area contributed by atoms with Crippen LogP contribution in [0.25, 0.3) is 6.08 Å². The van der Waals surface area contributed by atoms with Crippen molar-refractivity contribution in [1.82, 2.24) is 0 Å². The fraction of sp³-hybridized carbons (Fsp3) is 0.111. The Bertz CT molecular complexity index is 392. The minimum atomic E-state index is -4.57. The number of alkyl halides is 3. The third kappa shape index (κ3) is 3.61. The molecule has 15 heavy (non-hydrogen) atoms. The van der Waals surface area contributed by atoms with E-state index in [1.165, 1.54) is 6.08 Å². The molecule has 0 radical (unpaired) electrons. The predicted octanol–water partition coefficient (Wildman–Crippen LogP) is 4.93.